The topological polar surface area (TPSA) is 60.9 Å². The first-order valence-electron chi connectivity index (χ1n) is 7.05. The largest absolute Gasteiger partial charge is 0.398 e. The number of ketones is 1. The highest BCUT2D eigenvalue weighted by molar-refractivity contribution is 6.12. The standard InChI is InChI=1S/C17H17N3O/c1-2-8-20-9-7-19-17(20)16(21)14-10-12-5-3-4-6-13(12)11-15(14)18/h3-7,9-11H,2,8,18H2,1H3. The molecule has 4 nitrogen and oxygen atoms in total. The molecule has 106 valence electrons. The summed E-state index contributed by atoms with van der Waals surface area (Å²) < 4.78 is 1.87. The van der Waals surface area contributed by atoms with E-state index in [1.807, 2.05) is 47.2 Å². The fourth-order valence-corrected chi connectivity index (χ4v) is 2.51. The molecule has 0 aliphatic heterocycles. The van der Waals surface area contributed by atoms with Crippen LogP contribution in [0.15, 0.2) is 48.8 Å². The molecule has 0 bridgehead atoms. The van der Waals surface area contributed by atoms with E-state index in [-0.39, 0.29) is 5.78 Å². The van der Waals surface area contributed by atoms with Crippen LogP contribution in [0, 0.1) is 0 Å². The van der Waals surface area contributed by atoms with Crippen LogP contribution in [0.4, 0.5) is 5.69 Å². The number of aromatic nitrogens is 2. The summed E-state index contributed by atoms with van der Waals surface area (Å²) in [5, 5.41) is 2.03. The zero-order chi connectivity index (χ0) is 14.8. The second kappa shape index (κ2) is 5.40. The minimum absolute atomic E-state index is 0.128. The highest BCUT2D eigenvalue weighted by Gasteiger charge is 2.18. The number of nitrogens with zero attached hydrogens (tertiary/aromatic N) is 2. The van der Waals surface area contributed by atoms with E-state index in [1.54, 1.807) is 6.20 Å². The van der Waals surface area contributed by atoms with Gasteiger partial charge in [0.15, 0.2) is 5.82 Å². The Kier molecular flexibility index (Phi) is 3.44. The van der Waals surface area contributed by atoms with Gasteiger partial charge in [0, 0.05) is 30.2 Å². The van der Waals surface area contributed by atoms with Gasteiger partial charge in [-0.3, -0.25) is 4.79 Å². The number of aryl methyl sites for hydroxylation is 1. The smallest absolute Gasteiger partial charge is 0.230 e. The van der Waals surface area contributed by atoms with Gasteiger partial charge in [0.25, 0.3) is 0 Å². The quantitative estimate of drug-likeness (QED) is 0.589. The molecule has 0 fully saturated rings. The average molecular weight is 279 g/mol. The molecule has 0 atom stereocenters. The number of benzene rings is 2. The zero-order valence-electron chi connectivity index (χ0n) is 11.9. The lowest BCUT2D eigenvalue weighted by molar-refractivity contribution is 0.102. The SMILES string of the molecule is CCCn1ccnc1C(=O)c1cc2ccccc2cc1N. The second-order valence-corrected chi connectivity index (χ2v) is 5.06. The molecule has 0 aliphatic carbocycles. The Hall–Kier alpha value is -2.62. The molecule has 0 saturated carbocycles. The number of carbonyl (C=O) groups excluding carboxylic acids is 1. The Morgan fingerprint density at radius 1 is 1.24 bits per heavy atom. The molecule has 0 saturated heterocycles. The van der Waals surface area contributed by atoms with Crippen molar-refractivity contribution in [1.82, 2.24) is 9.55 Å². The molecule has 0 aliphatic rings. The predicted octanol–water partition coefficient (Wildman–Crippen LogP) is 3.26. The van der Waals surface area contributed by atoms with E-state index >= 15 is 0 Å². The minimum atomic E-state index is -0.128. The predicted molar refractivity (Wildman–Crippen MR) is 84.3 cm³/mol. The number of fused-ring (bicyclic) bond motifs is 1. The van der Waals surface area contributed by atoms with Gasteiger partial charge in [0.2, 0.25) is 5.78 Å². The van der Waals surface area contributed by atoms with E-state index in [0.717, 1.165) is 23.7 Å². The summed E-state index contributed by atoms with van der Waals surface area (Å²) in [5.41, 5.74) is 7.06. The fraction of sp³-hybridized carbons (Fsp3) is 0.176. The molecule has 21 heavy (non-hydrogen) atoms. The van der Waals surface area contributed by atoms with E-state index < -0.39 is 0 Å². The fourth-order valence-electron chi connectivity index (χ4n) is 2.51. The van der Waals surface area contributed by atoms with Gasteiger partial charge in [-0.1, -0.05) is 31.2 Å². The number of nitrogen functional groups attached to an aromatic ring is 1. The lowest BCUT2D eigenvalue weighted by atomic mass is 10.0. The van der Waals surface area contributed by atoms with Gasteiger partial charge in [0.05, 0.1) is 0 Å². The van der Waals surface area contributed by atoms with Crippen molar-refractivity contribution in [2.45, 2.75) is 19.9 Å². The first-order valence-corrected chi connectivity index (χ1v) is 7.05. The maximum absolute atomic E-state index is 12.7. The minimum Gasteiger partial charge on any atom is -0.398 e. The number of rotatable bonds is 4. The summed E-state index contributed by atoms with van der Waals surface area (Å²) in [6.07, 6.45) is 4.43. The van der Waals surface area contributed by atoms with Crippen LogP contribution in [0.3, 0.4) is 0 Å². The third-order valence-electron chi connectivity index (χ3n) is 3.55. The molecule has 3 rings (SSSR count). The van der Waals surface area contributed by atoms with Gasteiger partial charge >= 0.3 is 0 Å². The second-order valence-electron chi connectivity index (χ2n) is 5.06. The van der Waals surface area contributed by atoms with Crippen LogP contribution >= 0.6 is 0 Å². The van der Waals surface area contributed by atoms with E-state index in [2.05, 4.69) is 11.9 Å². The van der Waals surface area contributed by atoms with Crippen molar-refractivity contribution >= 4 is 22.2 Å². The third-order valence-corrected chi connectivity index (χ3v) is 3.55. The molecular weight excluding hydrogens is 262 g/mol. The summed E-state index contributed by atoms with van der Waals surface area (Å²) in [6.45, 7) is 2.84. The maximum Gasteiger partial charge on any atom is 0.230 e. The van der Waals surface area contributed by atoms with Gasteiger partial charge < -0.3 is 10.3 Å². The number of imidazole rings is 1. The summed E-state index contributed by atoms with van der Waals surface area (Å²) in [5.74, 6) is 0.315. The Bertz CT molecular complexity index is 805. The monoisotopic (exact) mass is 279 g/mol. The third kappa shape index (κ3) is 2.40. The van der Waals surface area contributed by atoms with Gasteiger partial charge in [-0.05, 0) is 29.3 Å². The molecular formula is C17H17N3O. The molecule has 0 unspecified atom stereocenters. The van der Waals surface area contributed by atoms with Crippen LogP contribution in [0.1, 0.15) is 29.5 Å². The molecule has 2 N–H and O–H groups in total. The molecule has 0 amide bonds. The lowest BCUT2D eigenvalue weighted by Crippen LogP contribution is -2.13. The first kappa shape index (κ1) is 13.4. The highest BCUT2D eigenvalue weighted by atomic mass is 16.1. The molecule has 2 aromatic carbocycles. The number of hydrogen-bond acceptors (Lipinski definition) is 3. The zero-order valence-corrected chi connectivity index (χ0v) is 11.9. The molecule has 4 heteroatoms. The van der Waals surface area contributed by atoms with Crippen molar-refractivity contribution in [3.05, 3.63) is 60.2 Å². The van der Waals surface area contributed by atoms with Crippen molar-refractivity contribution in [2.24, 2.45) is 0 Å². The van der Waals surface area contributed by atoms with Gasteiger partial charge in [0.1, 0.15) is 0 Å². The Morgan fingerprint density at radius 3 is 2.67 bits per heavy atom. The number of carbonyl (C=O) groups is 1. The Morgan fingerprint density at radius 2 is 1.95 bits per heavy atom. The highest BCUT2D eigenvalue weighted by Crippen LogP contribution is 2.23. The van der Waals surface area contributed by atoms with Crippen LogP contribution in [0.5, 0.6) is 0 Å². The van der Waals surface area contributed by atoms with Crippen LogP contribution < -0.4 is 5.73 Å². The molecule has 3 aromatic rings. The van der Waals surface area contributed by atoms with E-state index in [1.165, 1.54) is 0 Å². The van der Waals surface area contributed by atoms with Gasteiger partial charge in [-0.2, -0.15) is 0 Å². The molecule has 1 heterocycles. The van der Waals surface area contributed by atoms with Crippen molar-refractivity contribution in [3.8, 4) is 0 Å². The van der Waals surface area contributed by atoms with E-state index in [4.69, 9.17) is 5.73 Å². The number of hydrogen-bond donors (Lipinski definition) is 1. The van der Waals surface area contributed by atoms with Crippen molar-refractivity contribution in [2.75, 3.05) is 5.73 Å². The van der Waals surface area contributed by atoms with Crippen LogP contribution in [0.25, 0.3) is 10.8 Å². The number of anilines is 1. The lowest BCUT2D eigenvalue weighted by Gasteiger charge is -2.09. The Balaban J connectivity index is 2.08. The summed E-state index contributed by atoms with van der Waals surface area (Å²) in [7, 11) is 0. The van der Waals surface area contributed by atoms with Crippen molar-refractivity contribution in [1.29, 1.82) is 0 Å². The number of nitrogens with two attached hydrogens (primary N) is 1. The molecule has 0 radical (unpaired) electrons. The van der Waals surface area contributed by atoms with Crippen LogP contribution in [0.2, 0.25) is 0 Å². The van der Waals surface area contributed by atoms with E-state index in [0.29, 0.717) is 17.1 Å². The summed E-state index contributed by atoms with van der Waals surface area (Å²) in [4.78, 5) is 16.9. The van der Waals surface area contributed by atoms with Crippen molar-refractivity contribution in [3.63, 3.8) is 0 Å². The molecule has 1 aromatic heterocycles. The molecule has 0 spiro atoms. The summed E-state index contributed by atoms with van der Waals surface area (Å²) in [6, 6.07) is 11.6. The summed E-state index contributed by atoms with van der Waals surface area (Å²) >= 11 is 0. The van der Waals surface area contributed by atoms with E-state index in [9.17, 15) is 4.79 Å². The van der Waals surface area contributed by atoms with Crippen LogP contribution in [-0.2, 0) is 6.54 Å². The normalized spacial score (nSPS) is 10.9. The Labute approximate surface area is 123 Å². The van der Waals surface area contributed by atoms with Gasteiger partial charge in [-0.25, -0.2) is 4.98 Å². The average Bonchev–Trinajstić information content (AvgIpc) is 2.94. The first-order chi connectivity index (χ1) is 10.2. The van der Waals surface area contributed by atoms with Crippen molar-refractivity contribution < 1.29 is 4.79 Å². The van der Waals surface area contributed by atoms with Gasteiger partial charge in [-0.15, -0.1) is 0 Å². The van der Waals surface area contributed by atoms with Crippen LogP contribution in [-0.4, -0.2) is 15.3 Å². The maximum atomic E-state index is 12.7.